The molecular weight excluding hydrogens is 320 g/mol. The topological polar surface area (TPSA) is 72.8 Å². The third-order valence-corrected chi connectivity index (χ3v) is 3.32. The molecule has 0 fully saturated rings. The molecule has 1 aromatic rings. The van der Waals surface area contributed by atoms with E-state index in [1.165, 1.54) is 0 Å². The fourth-order valence-electron chi connectivity index (χ4n) is 0.819. The summed E-state index contributed by atoms with van der Waals surface area (Å²) in [5, 5.41) is 0. The van der Waals surface area contributed by atoms with Crippen molar-refractivity contribution in [3.8, 4) is 5.75 Å². The average Bonchev–Trinajstić information content (AvgIpc) is 2.19. The molecule has 0 radical (unpaired) electrons. The number of hydrogen-bond acceptors (Lipinski definition) is 5. The van der Waals surface area contributed by atoms with Gasteiger partial charge in [-0.2, -0.15) is 12.0 Å². The molecule has 0 aliphatic carbocycles. The van der Waals surface area contributed by atoms with Crippen molar-refractivity contribution >= 4 is 38.4 Å². The smallest absolute Gasteiger partial charge is 0.408 e. The van der Waals surface area contributed by atoms with Crippen LogP contribution in [-0.2, 0) is 14.0 Å². The van der Waals surface area contributed by atoms with Gasteiger partial charge >= 0.3 is 10.4 Å². The number of halogens is 1. The number of hydrogen-bond donors (Lipinski definition) is 1. The van der Waals surface area contributed by atoms with Crippen molar-refractivity contribution in [1.29, 1.82) is 0 Å². The van der Waals surface area contributed by atoms with E-state index in [0.29, 0.717) is 17.8 Å². The SMILES string of the molecule is O=S(=O)(O)OSCCOc1ccc(Br)cc1. The van der Waals surface area contributed by atoms with E-state index < -0.39 is 10.4 Å². The number of rotatable bonds is 6. The van der Waals surface area contributed by atoms with Gasteiger partial charge in [-0.15, -0.1) is 0 Å². The minimum atomic E-state index is -4.37. The van der Waals surface area contributed by atoms with Crippen molar-refractivity contribution < 1.29 is 21.3 Å². The van der Waals surface area contributed by atoms with Crippen molar-refractivity contribution in [2.24, 2.45) is 0 Å². The van der Waals surface area contributed by atoms with Crippen molar-refractivity contribution in [3.63, 3.8) is 0 Å². The summed E-state index contributed by atoms with van der Waals surface area (Å²) in [4.78, 5) is 0. The Morgan fingerprint density at radius 1 is 1.31 bits per heavy atom. The molecule has 0 saturated heterocycles. The van der Waals surface area contributed by atoms with Gasteiger partial charge in [0.25, 0.3) is 0 Å². The van der Waals surface area contributed by atoms with Crippen LogP contribution in [0.3, 0.4) is 0 Å². The summed E-state index contributed by atoms with van der Waals surface area (Å²) in [5.41, 5.74) is 0. The van der Waals surface area contributed by atoms with Gasteiger partial charge in [0, 0.05) is 16.5 Å². The van der Waals surface area contributed by atoms with Crippen molar-refractivity contribution in [2.45, 2.75) is 0 Å². The van der Waals surface area contributed by atoms with Crippen LogP contribution in [0.4, 0.5) is 0 Å². The molecule has 1 rings (SSSR count). The van der Waals surface area contributed by atoms with Gasteiger partial charge in [0.05, 0.1) is 12.4 Å². The van der Waals surface area contributed by atoms with E-state index in [0.717, 1.165) is 4.47 Å². The van der Waals surface area contributed by atoms with Crippen molar-refractivity contribution in [3.05, 3.63) is 28.7 Å². The summed E-state index contributed by atoms with van der Waals surface area (Å²) >= 11 is 3.90. The van der Waals surface area contributed by atoms with Gasteiger partial charge < -0.3 is 4.74 Å². The molecule has 0 atom stereocenters. The first-order chi connectivity index (χ1) is 7.47. The Bertz CT molecular complexity index is 417. The molecule has 16 heavy (non-hydrogen) atoms. The van der Waals surface area contributed by atoms with Crippen LogP contribution in [0.25, 0.3) is 0 Å². The Kier molecular flexibility index (Phi) is 5.56. The fraction of sp³-hybridized carbons (Fsp3) is 0.250. The second-order valence-corrected chi connectivity index (χ2v) is 5.58. The van der Waals surface area contributed by atoms with E-state index in [2.05, 4.69) is 19.6 Å². The second kappa shape index (κ2) is 6.45. The maximum absolute atomic E-state index is 10.2. The van der Waals surface area contributed by atoms with Gasteiger partial charge in [-0.25, -0.2) is 0 Å². The van der Waals surface area contributed by atoms with E-state index in [1.807, 2.05) is 12.1 Å². The summed E-state index contributed by atoms with van der Waals surface area (Å²) in [7, 11) is -4.37. The molecule has 0 saturated carbocycles. The lowest BCUT2D eigenvalue weighted by Gasteiger charge is -2.04. The number of benzene rings is 1. The molecule has 0 heterocycles. The highest BCUT2D eigenvalue weighted by molar-refractivity contribution is 9.10. The lowest BCUT2D eigenvalue weighted by molar-refractivity contribution is 0.341. The first-order valence-electron chi connectivity index (χ1n) is 4.14. The van der Waals surface area contributed by atoms with Crippen molar-refractivity contribution in [1.82, 2.24) is 0 Å². The van der Waals surface area contributed by atoms with E-state index in [-0.39, 0.29) is 12.4 Å². The molecule has 1 aromatic carbocycles. The quantitative estimate of drug-likeness (QED) is 0.490. The zero-order chi connectivity index (χ0) is 12.0. The molecule has 5 nitrogen and oxygen atoms in total. The van der Waals surface area contributed by atoms with E-state index in [9.17, 15) is 8.42 Å². The van der Waals surface area contributed by atoms with Crippen LogP contribution in [0, 0.1) is 0 Å². The molecule has 0 amide bonds. The van der Waals surface area contributed by atoms with Crippen LogP contribution in [-0.4, -0.2) is 25.3 Å². The van der Waals surface area contributed by atoms with Gasteiger partial charge in [-0.1, -0.05) is 15.9 Å². The maximum Gasteiger partial charge on any atom is 0.408 e. The Morgan fingerprint density at radius 3 is 2.50 bits per heavy atom. The van der Waals surface area contributed by atoms with E-state index >= 15 is 0 Å². The minimum Gasteiger partial charge on any atom is -0.493 e. The van der Waals surface area contributed by atoms with Gasteiger partial charge in [0.1, 0.15) is 5.75 Å². The molecule has 8 heteroatoms. The predicted octanol–water partition coefficient (Wildman–Crippen LogP) is 2.30. The first-order valence-corrected chi connectivity index (χ1v) is 7.21. The third kappa shape index (κ3) is 6.33. The lowest BCUT2D eigenvalue weighted by Crippen LogP contribution is -2.03. The minimum absolute atomic E-state index is 0.280. The Morgan fingerprint density at radius 2 is 1.94 bits per heavy atom. The summed E-state index contributed by atoms with van der Waals surface area (Å²) in [6, 6.07) is 7.21. The zero-order valence-corrected chi connectivity index (χ0v) is 11.2. The van der Waals surface area contributed by atoms with Crippen LogP contribution >= 0.6 is 28.0 Å². The Labute approximate surface area is 106 Å². The first kappa shape index (κ1) is 13.8. The largest absolute Gasteiger partial charge is 0.493 e. The van der Waals surface area contributed by atoms with Gasteiger partial charge in [0.2, 0.25) is 0 Å². The third-order valence-electron chi connectivity index (χ3n) is 1.38. The van der Waals surface area contributed by atoms with Crippen molar-refractivity contribution in [2.75, 3.05) is 12.4 Å². The molecule has 90 valence electrons. The van der Waals surface area contributed by atoms with Crippen LogP contribution in [0.5, 0.6) is 5.75 Å². The summed E-state index contributed by atoms with van der Waals surface area (Å²) in [6.45, 7) is 0.280. The van der Waals surface area contributed by atoms with Crippen LogP contribution < -0.4 is 4.74 Å². The van der Waals surface area contributed by atoms with Gasteiger partial charge in [0.15, 0.2) is 0 Å². The molecule has 0 spiro atoms. The van der Waals surface area contributed by atoms with Crippen LogP contribution in [0.15, 0.2) is 28.7 Å². The molecule has 0 aromatic heterocycles. The summed E-state index contributed by atoms with van der Waals surface area (Å²) in [5.74, 6) is 0.964. The normalized spacial score (nSPS) is 11.4. The summed E-state index contributed by atoms with van der Waals surface area (Å²) < 4.78 is 38.9. The maximum atomic E-state index is 10.2. The zero-order valence-electron chi connectivity index (χ0n) is 8.00. The molecule has 0 unspecified atom stereocenters. The standard InChI is InChI=1S/C8H9BrO5S2/c9-7-1-3-8(4-2-7)13-5-6-15-14-16(10,11)12/h1-4H,5-6H2,(H,10,11,12). The van der Waals surface area contributed by atoms with Gasteiger partial charge in [-0.3, -0.25) is 4.55 Å². The van der Waals surface area contributed by atoms with Crippen LogP contribution in [0.2, 0.25) is 0 Å². The number of ether oxygens (including phenoxy) is 1. The molecule has 0 bridgehead atoms. The molecule has 0 aliphatic rings. The summed E-state index contributed by atoms with van der Waals surface area (Å²) in [6.07, 6.45) is 0. The second-order valence-electron chi connectivity index (χ2n) is 2.62. The van der Waals surface area contributed by atoms with E-state index in [4.69, 9.17) is 9.29 Å². The average molecular weight is 329 g/mol. The Balaban J connectivity index is 2.19. The van der Waals surface area contributed by atoms with E-state index in [1.54, 1.807) is 12.1 Å². The van der Waals surface area contributed by atoms with Crippen LogP contribution in [0.1, 0.15) is 0 Å². The molecule has 0 aliphatic heterocycles. The highest BCUT2D eigenvalue weighted by atomic mass is 79.9. The Hall–Kier alpha value is -0.280. The molecular formula is C8H9BrO5S2. The van der Waals surface area contributed by atoms with Gasteiger partial charge in [-0.05, 0) is 24.3 Å². The predicted molar refractivity (Wildman–Crippen MR) is 64.7 cm³/mol. The molecule has 1 N–H and O–H groups in total. The highest BCUT2D eigenvalue weighted by Crippen LogP contribution is 2.16. The fourth-order valence-corrected chi connectivity index (χ4v) is 1.99. The highest BCUT2D eigenvalue weighted by Gasteiger charge is 2.04. The lowest BCUT2D eigenvalue weighted by atomic mass is 10.3. The monoisotopic (exact) mass is 328 g/mol.